The van der Waals surface area contributed by atoms with Gasteiger partial charge in [0.05, 0.1) is 10.6 Å². The van der Waals surface area contributed by atoms with Crippen molar-refractivity contribution >= 4 is 17.7 Å². The highest BCUT2D eigenvalue weighted by molar-refractivity contribution is 7.98. The van der Waals surface area contributed by atoms with Crippen LogP contribution in [0.1, 0.15) is 55.5 Å². The lowest BCUT2D eigenvalue weighted by Gasteiger charge is -2.43. The van der Waals surface area contributed by atoms with Gasteiger partial charge in [0, 0.05) is 6.54 Å². The zero-order chi connectivity index (χ0) is 17.0. The van der Waals surface area contributed by atoms with Crippen LogP contribution in [0.5, 0.6) is 0 Å². The third-order valence-electron chi connectivity index (χ3n) is 4.45. The summed E-state index contributed by atoms with van der Waals surface area (Å²) in [5, 5.41) is 12.5. The van der Waals surface area contributed by atoms with Crippen LogP contribution in [0.4, 0.5) is 0 Å². The fourth-order valence-electron chi connectivity index (χ4n) is 3.28. The molecule has 0 saturated heterocycles. The molecule has 1 aromatic rings. The molecule has 124 valence electrons. The smallest absolute Gasteiger partial charge is 0.261 e. The first-order valence-corrected chi connectivity index (χ1v) is 9.13. The van der Waals surface area contributed by atoms with Gasteiger partial charge >= 0.3 is 0 Å². The molecule has 0 bridgehead atoms. The van der Waals surface area contributed by atoms with Gasteiger partial charge in [0.25, 0.3) is 11.5 Å². The van der Waals surface area contributed by atoms with Crippen LogP contribution in [0.3, 0.4) is 0 Å². The predicted molar refractivity (Wildman–Crippen MR) is 91.6 cm³/mol. The topological polar surface area (TPSA) is 85.8 Å². The van der Waals surface area contributed by atoms with Crippen LogP contribution < -0.4 is 10.9 Å². The lowest BCUT2D eigenvalue weighted by Crippen LogP contribution is -2.44. The summed E-state index contributed by atoms with van der Waals surface area (Å²) in [5.74, 6) is 0.187. The number of thioether (sulfide) groups is 1. The van der Waals surface area contributed by atoms with Crippen molar-refractivity contribution in [3.8, 4) is 6.07 Å². The number of hydrogen-bond donors (Lipinski definition) is 2. The number of hydrogen-bond acceptors (Lipinski definition) is 4. The zero-order valence-corrected chi connectivity index (χ0v) is 14.7. The van der Waals surface area contributed by atoms with Gasteiger partial charge in [-0.15, -0.1) is 11.8 Å². The zero-order valence-electron chi connectivity index (χ0n) is 13.9. The Bertz CT molecular complexity index is 684. The number of carbonyl (C=O) groups is 1. The lowest BCUT2D eigenvalue weighted by molar-refractivity contribution is 0.0779. The molecule has 1 fully saturated rings. The van der Waals surface area contributed by atoms with Gasteiger partial charge in [-0.25, -0.2) is 0 Å². The molecule has 1 heterocycles. The van der Waals surface area contributed by atoms with Gasteiger partial charge in [-0.3, -0.25) is 9.59 Å². The largest absolute Gasteiger partial charge is 0.351 e. The first-order valence-electron chi connectivity index (χ1n) is 7.90. The quantitative estimate of drug-likeness (QED) is 0.784. The standard InChI is InChI=1S/C17H23N3O2S/c1-11(2)8-17(5-4-6-17)10-19-14(21)13-7-12(9-18)16(23-3)20-15(13)22/h7,11H,4-6,8,10H2,1-3H3,(H,19,21)(H,20,22). The van der Waals surface area contributed by atoms with E-state index in [1.54, 1.807) is 6.26 Å². The van der Waals surface area contributed by atoms with E-state index in [1.165, 1.54) is 24.2 Å². The summed E-state index contributed by atoms with van der Waals surface area (Å²) < 4.78 is 0. The minimum absolute atomic E-state index is 0.0124. The van der Waals surface area contributed by atoms with E-state index in [0.717, 1.165) is 19.3 Å². The average molecular weight is 333 g/mol. The molecule has 0 unspecified atom stereocenters. The van der Waals surface area contributed by atoms with E-state index in [9.17, 15) is 9.59 Å². The molecule has 6 heteroatoms. The van der Waals surface area contributed by atoms with Crippen LogP contribution in [-0.2, 0) is 0 Å². The third-order valence-corrected chi connectivity index (χ3v) is 5.18. The summed E-state index contributed by atoms with van der Waals surface area (Å²) in [7, 11) is 0. The van der Waals surface area contributed by atoms with E-state index in [2.05, 4.69) is 24.1 Å². The maximum atomic E-state index is 12.4. The van der Waals surface area contributed by atoms with Gasteiger partial charge < -0.3 is 10.3 Å². The molecule has 0 aliphatic heterocycles. The molecule has 1 saturated carbocycles. The summed E-state index contributed by atoms with van der Waals surface area (Å²) in [6.07, 6.45) is 6.30. The van der Waals surface area contributed by atoms with Gasteiger partial charge in [0.2, 0.25) is 0 Å². The Morgan fingerprint density at radius 3 is 2.70 bits per heavy atom. The molecule has 23 heavy (non-hydrogen) atoms. The minimum atomic E-state index is -0.447. The van der Waals surface area contributed by atoms with Crippen LogP contribution in [0.25, 0.3) is 0 Å². The maximum absolute atomic E-state index is 12.4. The van der Waals surface area contributed by atoms with E-state index in [4.69, 9.17) is 5.26 Å². The van der Waals surface area contributed by atoms with Crippen molar-refractivity contribution in [3.63, 3.8) is 0 Å². The summed E-state index contributed by atoms with van der Waals surface area (Å²) in [6, 6.07) is 3.40. The number of aromatic amines is 1. The summed E-state index contributed by atoms with van der Waals surface area (Å²) in [5.41, 5.74) is 0.0620. The maximum Gasteiger partial charge on any atom is 0.261 e. The Labute approximate surface area is 140 Å². The molecular formula is C17H23N3O2S. The Morgan fingerprint density at radius 2 is 2.22 bits per heavy atom. The number of nitrogens with zero attached hydrogens (tertiary/aromatic N) is 1. The highest BCUT2D eigenvalue weighted by Crippen LogP contribution is 2.45. The second-order valence-electron chi connectivity index (χ2n) is 6.71. The number of rotatable bonds is 6. The lowest BCUT2D eigenvalue weighted by atomic mass is 9.64. The average Bonchev–Trinajstić information content (AvgIpc) is 2.48. The van der Waals surface area contributed by atoms with Crippen molar-refractivity contribution in [1.29, 1.82) is 5.26 Å². The van der Waals surface area contributed by atoms with Gasteiger partial charge in [-0.05, 0) is 42.9 Å². The molecule has 1 aliphatic rings. The van der Waals surface area contributed by atoms with Crippen molar-refractivity contribution in [2.75, 3.05) is 12.8 Å². The van der Waals surface area contributed by atoms with Gasteiger partial charge in [-0.1, -0.05) is 20.3 Å². The van der Waals surface area contributed by atoms with E-state index < -0.39 is 11.5 Å². The SMILES string of the molecule is CSc1[nH]c(=O)c(C(=O)NCC2(CC(C)C)CCC2)cc1C#N. The Morgan fingerprint density at radius 1 is 1.52 bits per heavy atom. The molecule has 0 spiro atoms. The van der Waals surface area contributed by atoms with Crippen LogP contribution in [0.2, 0.25) is 0 Å². The van der Waals surface area contributed by atoms with Crippen LogP contribution in [-0.4, -0.2) is 23.7 Å². The molecule has 5 nitrogen and oxygen atoms in total. The molecule has 2 rings (SSSR count). The van der Waals surface area contributed by atoms with Crippen molar-refractivity contribution in [3.05, 3.63) is 27.5 Å². The number of amides is 1. The molecule has 1 aromatic heterocycles. The minimum Gasteiger partial charge on any atom is -0.351 e. The van der Waals surface area contributed by atoms with E-state index in [-0.39, 0.29) is 11.0 Å². The monoisotopic (exact) mass is 333 g/mol. The number of nitriles is 1. The molecule has 2 N–H and O–H groups in total. The number of aromatic nitrogens is 1. The first kappa shape index (κ1) is 17.6. The molecule has 0 aromatic carbocycles. The molecule has 0 radical (unpaired) electrons. The first-order chi connectivity index (χ1) is 10.9. The summed E-state index contributed by atoms with van der Waals surface area (Å²) in [6.45, 7) is 4.97. The van der Waals surface area contributed by atoms with Crippen molar-refractivity contribution in [2.45, 2.75) is 44.6 Å². The number of H-pyrrole nitrogens is 1. The Kier molecular flexibility index (Phi) is 5.53. The fraction of sp³-hybridized carbons (Fsp3) is 0.588. The van der Waals surface area contributed by atoms with Gasteiger partial charge in [0.1, 0.15) is 11.6 Å². The predicted octanol–water partition coefficient (Wildman–Crippen LogP) is 2.91. The third kappa shape index (κ3) is 3.97. The Balaban J connectivity index is 2.12. The highest BCUT2D eigenvalue weighted by atomic mass is 32.2. The Hall–Kier alpha value is -1.74. The van der Waals surface area contributed by atoms with Crippen LogP contribution in [0.15, 0.2) is 15.9 Å². The van der Waals surface area contributed by atoms with Crippen LogP contribution in [0, 0.1) is 22.7 Å². The molecular weight excluding hydrogens is 310 g/mol. The highest BCUT2D eigenvalue weighted by Gasteiger charge is 2.37. The van der Waals surface area contributed by atoms with Crippen molar-refractivity contribution in [1.82, 2.24) is 10.3 Å². The number of pyridine rings is 1. The summed E-state index contributed by atoms with van der Waals surface area (Å²) in [4.78, 5) is 27.0. The van der Waals surface area contributed by atoms with E-state index in [1.807, 2.05) is 6.07 Å². The second-order valence-corrected chi connectivity index (χ2v) is 7.52. The van der Waals surface area contributed by atoms with Crippen molar-refractivity contribution < 1.29 is 4.79 Å². The summed E-state index contributed by atoms with van der Waals surface area (Å²) >= 11 is 1.28. The fourth-order valence-corrected chi connectivity index (χ4v) is 3.80. The molecule has 1 amide bonds. The van der Waals surface area contributed by atoms with Crippen LogP contribution >= 0.6 is 11.8 Å². The van der Waals surface area contributed by atoms with Gasteiger partial charge in [0.15, 0.2) is 0 Å². The number of nitrogens with one attached hydrogen (secondary N) is 2. The van der Waals surface area contributed by atoms with E-state index >= 15 is 0 Å². The molecule has 0 atom stereocenters. The number of carbonyl (C=O) groups excluding carboxylic acids is 1. The molecule has 1 aliphatic carbocycles. The van der Waals surface area contributed by atoms with Crippen molar-refractivity contribution in [2.24, 2.45) is 11.3 Å². The normalized spacial score (nSPS) is 15.8. The van der Waals surface area contributed by atoms with Gasteiger partial charge in [-0.2, -0.15) is 5.26 Å². The second kappa shape index (κ2) is 7.22. The van der Waals surface area contributed by atoms with E-state index in [0.29, 0.717) is 23.1 Å².